The molecule has 1 aliphatic heterocycles. The number of benzene rings is 2. The Bertz CT molecular complexity index is 1040. The molecule has 0 spiro atoms. The summed E-state index contributed by atoms with van der Waals surface area (Å²) in [6.45, 7) is 2.17. The van der Waals surface area contributed by atoms with Crippen molar-refractivity contribution in [3.05, 3.63) is 52.5 Å². The number of halogens is 1. The predicted molar refractivity (Wildman–Crippen MR) is 104 cm³/mol. The largest absolute Gasteiger partial charge is 0.322 e. The van der Waals surface area contributed by atoms with Crippen molar-refractivity contribution in [3.8, 4) is 0 Å². The first-order chi connectivity index (χ1) is 12.7. The summed E-state index contributed by atoms with van der Waals surface area (Å²) in [6, 6.07) is 9.10. The molecule has 2 aromatic carbocycles. The molecular weight excluding hydrogens is 390 g/mol. The van der Waals surface area contributed by atoms with Crippen LogP contribution in [0.3, 0.4) is 0 Å². The maximum absolute atomic E-state index is 12.6. The van der Waals surface area contributed by atoms with Crippen LogP contribution < -0.4 is 15.4 Å². The molecule has 0 atom stereocenters. The van der Waals surface area contributed by atoms with E-state index in [1.54, 1.807) is 36.1 Å². The van der Waals surface area contributed by atoms with Gasteiger partial charge < -0.3 is 10.2 Å². The maximum Gasteiger partial charge on any atom is 0.255 e. The third kappa shape index (κ3) is 4.13. The first-order valence-electron chi connectivity index (χ1n) is 8.21. The monoisotopic (exact) mass is 407 g/mol. The van der Waals surface area contributed by atoms with Crippen LogP contribution in [0.2, 0.25) is 5.02 Å². The molecule has 0 radical (unpaired) electrons. The standard InChI is InChI=1S/C18H18ClN3O4S/c1-11-4-6-13(10-16(11)27(20,25)26)21-18(24)12-5-7-14(19)15(9-12)22-8-2-3-17(22)23/h4-7,9-10H,2-3,8H2,1H3,(H,21,24)(H2,20,25,26). The lowest BCUT2D eigenvalue weighted by Crippen LogP contribution is -2.24. The number of sulfonamides is 1. The second-order valence-corrected chi connectivity index (χ2v) is 8.23. The van der Waals surface area contributed by atoms with Crippen molar-refractivity contribution in [3.63, 3.8) is 0 Å². The zero-order valence-electron chi connectivity index (χ0n) is 14.5. The molecule has 0 unspecified atom stereocenters. The Morgan fingerprint density at radius 1 is 1.22 bits per heavy atom. The second-order valence-electron chi connectivity index (χ2n) is 6.29. The minimum Gasteiger partial charge on any atom is -0.322 e. The third-order valence-corrected chi connectivity index (χ3v) is 5.70. The molecule has 1 heterocycles. The summed E-state index contributed by atoms with van der Waals surface area (Å²) in [4.78, 5) is 26.0. The Morgan fingerprint density at radius 3 is 2.59 bits per heavy atom. The zero-order valence-corrected chi connectivity index (χ0v) is 16.1. The van der Waals surface area contributed by atoms with E-state index in [0.717, 1.165) is 6.42 Å². The third-order valence-electron chi connectivity index (χ3n) is 4.33. The van der Waals surface area contributed by atoms with E-state index >= 15 is 0 Å². The molecule has 27 heavy (non-hydrogen) atoms. The van der Waals surface area contributed by atoms with E-state index in [1.807, 2.05) is 0 Å². The Morgan fingerprint density at radius 2 is 1.96 bits per heavy atom. The number of nitrogens with one attached hydrogen (secondary N) is 1. The highest BCUT2D eigenvalue weighted by Gasteiger charge is 2.24. The van der Waals surface area contributed by atoms with Crippen molar-refractivity contribution in [2.24, 2.45) is 5.14 Å². The molecule has 3 rings (SSSR count). The predicted octanol–water partition coefficient (Wildman–Crippen LogP) is 2.67. The van der Waals surface area contributed by atoms with E-state index in [2.05, 4.69) is 5.32 Å². The molecule has 1 aliphatic rings. The van der Waals surface area contributed by atoms with E-state index in [0.29, 0.717) is 40.5 Å². The fraction of sp³-hybridized carbons (Fsp3) is 0.222. The lowest BCUT2D eigenvalue weighted by Gasteiger charge is -2.18. The number of aryl methyl sites for hydroxylation is 1. The van der Waals surface area contributed by atoms with Crippen LogP contribution in [0.25, 0.3) is 0 Å². The summed E-state index contributed by atoms with van der Waals surface area (Å²) in [5.74, 6) is -0.491. The van der Waals surface area contributed by atoms with Crippen LogP contribution >= 0.6 is 11.6 Å². The lowest BCUT2D eigenvalue weighted by atomic mass is 10.1. The molecular formula is C18H18ClN3O4S. The average Bonchev–Trinajstić information content (AvgIpc) is 3.02. The van der Waals surface area contributed by atoms with Gasteiger partial charge in [-0.25, -0.2) is 13.6 Å². The quantitative estimate of drug-likeness (QED) is 0.811. The van der Waals surface area contributed by atoms with Crippen LogP contribution in [-0.2, 0) is 14.8 Å². The molecule has 1 saturated heterocycles. The van der Waals surface area contributed by atoms with E-state index in [-0.39, 0.29) is 10.8 Å². The number of amides is 2. The molecule has 0 aromatic heterocycles. The number of hydrogen-bond acceptors (Lipinski definition) is 4. The summed E-state index contributed by atoms with van der Waals surface area (Å²) in [6.07, 6.45) is 1.19. The SMILES string of the molecule is Cc1ccc(NC(=O)c2ccc(Cl)c(N3CCCC3=O)c2)cc1S(N)(=O)=O. The summed E-state index contributed by atoms with van der Waals surface area (Å²) in [5.41, 5.74) is 1.56. The second kappa shape index (κ2) is 7.30. The van der Waals surface area contributed by atoms with Crippen molar-refractivity contribution >= 4 is 44.8 Å². The average molecular weight is 408 g/mol. The van der Waals surface area contributed by atoms with E-state index in [1.165, 1.54) is 12.1 Å². The van der Waals surface area contributed by atoms with Gasteiger partial charge >= 0.3 is 0 Å². The number of carbonyl (C=O) groups is 2. The molecule has 3 N–H and O–H groups in total. The van der Waals surface area contributed by atoms with Gasteiger partial charge in [0.05, 0.1) is 15.6 Å². The van der Waals surface area contributed by atoms with Crippen molar-refractivity contribution in [2.75, 3.05) is 16.8 Å². The molecule has 1 fully saturated rings. The van der Waals surface area contributed by atoms with Crippen LogP contribution in [0.4, 0.5) is 11.4 Å². The number of carbonyl (C=O) groups excluding carboxylic acids is 2. The van der Waals surface area contributed by atoms with Crippen LogP contribution in [0.15, 0.2) is 41.3 Å². The van der Waals surface area contributed by atoms with Gasteiger partial charge in [0, 0.05) is 24.2 Å². The summed E-state index contributed by atoms with van der Waals surface area (Å²) >= 11 is 6.19. The van der Waals surface area contributed by atoms with Crippen molar-refractivity contribution in [2.45, 2.75) is 24.7 Å². The number of nitrogens with two attached hydrogens (primary N) is 1. The van der Waals surface area contributed by atoms with Gasteiger partial charge in [0.25, 0.3) is 5.91 Å². The minimum atomic E-state index is -3.90. The topological polar surface area (TPSA) is 110 Å². The van der Waals surface area contributed by atoms with Crippen molar-refractivity contribution < 1.29 is 18.0 Å². The number of hydrogen-bond donors (Lipinski definition) is 2. The number of anilines is 2. The van der Waals surface area contributed by atoms with Gasteiger partial charge in [0.2, 0.25) is 15.9 Å². The Labute approximate surface area is 162 Å². The van der Waals surface area contributed by atoms with Gasteiger partial charge in [-0.2, -0.15) is 0 Å². The van der Waals surface area contributed by atoms with Gasteiger partial charge in [-0.3, -0.25) is 9.59 Å². The van der Waals surface area contributed by atoms with E-state index in [9.17, 15) is 18.0 Å². The normalized spacial score (nSPS) is 14.5. The van der Waals surface area contributed by atoms with Crippen LogP contribution in [-0.4, -0.2) is 26.8 Å². The molecule has 7 nitrogen and oxygen atoms in total. The van der Waals surface area contributed by atoms with E-state index in [4.69, 9.17) is 16.7 Å². The highest BCUT2D eigenvalue weighted by molar-refractivity contribution is 7.89. The van der Waals surface area contributed by atoms with Crippen molar-refractivity contribution in [1.82, 2.24) is 0 Å². The molecule has 142 valence electrons. The van der Waals surface area contributed by atoms with Crippen LogP contribution in [0.1, 0.15) is 28.8 Å². The Balaban J connectivity index is 1.88. The van der Waals surface area contributed by atoms with Gasteiger partial charge in [0.1, 0.15) is 0 Å². The number of nitrogens with zero attached hydrogens (tertiary/aromatic N) is 1. The highest BCUT2D eigenvalue weighted by atomic mass is 35.5. The Kier molecular flexibility index (Phi) is 5.23. The maximum atomic E-state index is 12.6. The molecule has 2 aromatic rings. The minimum absolute atomic E-state index is 0.0363. The van der Waals surface area contributed by atoms with Gasteiger partial charge in [-0.15, -0.1) is 0 Å². The number of primary sulfonamides is 1. The number of rotatable bonds is 4. The lowest BCUT2D eigenvalue weighted by molar-refractivity contribution is -0.117. The first-order valence-corrected chi connectivity index (χ1v) is 10.1. The molecule has 9 heteroatoms. The molecule has 0 bridgehead atoms. The molecule has 0 aliphatic carbocycles. The van der Waals surface area contributed by atoms with E-state index < -0.39 is 15.9 Å². The molecule has 0 saturated carbocycles. The van der Waals surface area contributed by atoms with Crippen molar-refractivity contribution in [1.29, 1.82) is 0 Å². The fourth-order valence-electron chi connectivity index (χ4n) is 2.95. The highest BCUT2D eigenvalue weighted by Crippen LogP contribution is 2.30. The summed E-state index contributed by atoms with van der Waals surface area (Å²) in [5, 5.41) is 8.22. The Hall–Kier alpha value is -2.42. The van der Waals surface area contributed by atoms with Gasteiger partial charge in [-0.05, 0) is 49.2 Å². The van der Waals surface area contributed by atoms with Crippen LogP contribution in [0, 0.1) is 6.92 Å². The van der Waals surface area contributed by atoms with Gasteiger partial charge in [0.15, 0.2) is 0 Å². The fourth-order valence-corrected chi connectivity index (χ4v) is 3.98. The summed E-state index contributed by atoms with van der Waals surface area (Å²) < 4.78 is 23.3. The first kappa shape index (κ1) is 19.3. The summed E-state index contributed by atoms with van der Waals surface area (Å²) in [7, 11) is -3.90. The zero-order chi connectivity index (χ0) is 19.8. The molecule has 2 amide bonds. The van der Waals surface area contributed by atoms with Crippen LogP contribution in [0.5, 0.6) is 0 Å². The smallest absolute Gasteiger partial charge is 0.255 e. The van der Waals surface area contributed by atoms with Gasteiger partial charge in [-0.1, -0.05) is 17.7 Å².